The summed E-state index contributed by atoms with van der Waals surface area (Å²) in [6.07, 6.45) is 2.63. The second-order valence-corrected chi connectivity index (χ2v) is 9.82. The standard InChI is InChI=1S/C17H18F2N2O3S3/c18-17(19)26-13-6-4-12(5-7-13)20-16(22)15-14(8-11-25-15)27(23,24)21-9-2-1-3-10-21/h4-8,11,17H,1-3,9-10H2,(H,20,22). The van der Waals surface area contributed by atoms with Gasteiger partial charge in [0.2, 0.25) is 10.0 Å². The van der Waals surface area contributed by atoms with Crippen molar-refractivity contribution in [2.75, 3.05) is 18.4 Å². The van der Waals surface area contributed by atoms with Crippen LogP contribution in [0.15, 0.2) is 45.5 Å². The highest BCUT2D eigenvalue weighted by molar-refractivity contribution is 7.99. The Morgan fingerprint density at radius 2 is 1.78 bits per heavy atom. The van der Waals surface area contributed by atoms with Gasteiger partial charge >= 0.3 is 0 Å². The smallest absolute Gasteiger partial charge is 0.288 e. The summed E-state index contributed by atoms with van der Waals surface area (Å²) in [7, 11) is -3.71. The van der Waals surface area contributed by atoms with Crippen molar-refractivity contribution in [2.45, 2.75) is 34.8 Å². The highest BCUT2D eigenvalue weighted by Crippen LogP contribution is 2.29. The fourth-order valence-corrected chi connectivity index (χ4v) is 6.13. The summed E-state index contributed by atoms with van der Waals surface area (Å²) in [6.45, 7) is 0.922. The first-order valence-electron chi connectivity index (χ1n) is 8.32. The zero-order valence-electron chi connectivity index (χ0n) is 14.2. The number of anilines is 1. The highest BCUT2D eigenvalue weighted by atomic mass is 32.2. The van der Waals surface area contributed by atoms with Crippen LogP contribution in [0.3, 0.4) is 0 Å². The van der Waals surface area contributed by atoms with E-state index in [1.807, 2.05) is 0 Å². The molecule has 0 spiro atoms. The molecular formula is C17H18F2N2O3S3. The van der Waals surface area contributed by atoms with Crippen LogP contribution >= 0.6 is 23.1 Å². The predicted molar refractivity (Wildman–Crippen MR) is 103 cm³/mol. The zero-order valence-corrected chi connectivity index (χ0v) is 16.7. The summed E-state index contributed by atoms with van der Waals surface area (Å²) in [5.41, 5.74) is 0.410. The minimum atomic E-state index is -3.71. The molecule has 1 aliphatic rings. The number of alkyl halides is 2. The molecule has 0 unspecified atom stereocenters. The molecule has 0 saturated carbocycles. The van der Waals surface area contributed by atoms with Crippen LogP contribution in [0.25, 0.3) is 0 Å². The minimum absolute atomic E-state index is 0.0109. The van der Waals surface area contributed by atoms with Crippen LogP contribution < -0.4 is 5.32 Å². The molecule has 5 nitrogen and oxygen atoms in total. The first kappa shape index (κ1) is 20.2. The number of amides is 1. The van der Waals surface area contributed by atoms with Gasteiger partial charge in [0, 0.05) is 23.7 Å². The van der Waals surface area contributed by atoms with E-state index in [-0.39, 0.29) is 9.77 Å². The number of piperidine rings is 1. The Bertz CT molecular complexity index is 892. The molecule has 1 amide bonds. The van der Waals surface area contributed by atoms with Crippen LogP contribution in [0.1, 0.15) is 28.9 Å². The van der Waals surface area contributed by atoms with Gasteiger partial charge < -0.3 is 5.32 Å². The molecule has 1 N–H and O–H groups in total. The van der Waals surface area contributed by atoms with Crippen molar-refractivity contribution < 1.29 is 22.0 Å². The molecule has 2 heterocycles. The van der Waals surface area contributed by atoms with E-state index in [0.717, 1.165) is 30.6 Å². The molecule has 10 heteroatoms. The Kier molecular flexibility index (Phi) is 6.51. The van der Waals surface area contributed by atoms with Crippen molar-refractivity contribution >= 4 is 44.7 Å². The number of hydrogen-bond donors (Lipinski definition) is 1. The quantitative estimate of drug-likeness (QED) is 0.683. The van der Waals surface area contributed by atoms with Gasteiger partial charge in [-0.05, 0) is 48.6 Å². The van der Waals surface area contributed by atoms with Gasteiger partial charge in [-0.15, -0.1) is 11.3 Å². The van der Waals surface area contributed by atoms with Gasteiger partial charge in [-0.3, -0.25) is 4.79 Å². The maximum Gasteiger partial charge on any atom is 0.288 e. The van der Waals surface area contributed by atoms with Crippen molar-refractivity contribution in [1.29, 1.82) is 0 Å². The van der Waals surface area contributed by atoms with Crippen LogP contribution in [-0.4, -0.2) is 37.5 Å². The Morgan fingerprint density at radius 3 is 2.41 bits per heavy atom. The average Bonchev–Trinajstić information content (AvgIpc) is 3.14. The molecule has 2 aromatic rings. The lowest BCUT2D eigenvalue weighted by atomic mass is 10.2. The Balaban J connectivity index is 1.75. The molecule has 1 aromatic heterocycles. The third kappa shape index (κ3) is 4.87. The zero-order chi connectivity index (χ0) is 19.4. The summed E-state index contributed by atoms with van der Waals surface area (Å²) in [6, 6.07) is 7.43. The number of rotatable bonds is 6. The van der Waals surface area contributed by atoms with Crippen LogP contribution in [0.4, 0.5) is 14.5 Å². The number of carbonyl (C=O) groups excluding carboxylic acids is 1. The predicted octanol–water partition coefficient (Wildman–Crippen LogP) is 4.49. The third-order valence-electron chi connectivity index (χ3n) is 4.11. The van der Waals surface area contributed by atoms with Gasteiger partial charge in [0.05, 0.1) is 0 Å². The topological polar surface area (TPSA) is 66.5 Å². The van der Waals surface area contributed by atoms with Crippen LogP contribution in [0, 0.1) is 0 Å². The summed E-state index contributed by atoms with van der Waals surface area (Å²) in [5.74, 6) is -3.05. The van der Waals surface area contributed by atoms with Gasteiger partial charge in [0.15, 0.2) is 0 Å². The Morgan fingerprint density at radius 1 is 1.11 bits per heavy atom. The molecule has 1 saturated heterocycles. The normalized spacial score (nSPS) is 15.8. The van der Waals surface area contributed by atoms with Crippen LogP contribution in [0.5, 0.6) is 0 Å². The molecule has 0 aliphatic carbocycles. The van der Waals surface area contributed by atoms with Gasteiger partial charge in [-0.2, -0.15) is 13.1 Å². The van der Waals surface area contributed by atoms with Gasteiger partial charge in [-0.1, -0.05) is 18.2 Å². The van der Waals surface area contributed by atoms with E-state index in [2.05, 4.69) is 5.32 Å². The number of benzene rings is 1. The fourth-order valence-electron chi connectivity index (χ4n) is 2.82. The summed E-state index contributed by atoms with van der Waals surface area (Å²) in [5, 5.41) is 4.21. The van der Waals surface area contributed by atoms with Crippen LogP contribution in [-0.2, 0) is 10.0 Å². The first-order chi connectivity index (χ1) is 12.9. The van der Waals surface area contributed by atoms with Crippen molar-refractivity contribution in [3.05, 3.63) is 40.6 Å². The molecule has 146 valence electrons. The molecule has 1 aromatic carbocycles. The third-order valence-corrected chi connectivity index (χ3v) is 7.81. The molecule has 27 heavy (non-hydrogen) atoms. The molecule has 1 fully saturated rings. The maximum atomic E-state index is 12.9. The molecule has 0 bridgehead atoms. The Hall–Kier alpha value is -1.49. The summed E-state index contributed by atoms with van der Waals surface area (Å²) in [4.78, 5) is 13.1. The van der Waals surface area contributed by atoms with Crippen molar-refractivity contribution in [1.82, 2.24) is 4.31 Å². The lowest BCUT2D eigenvalue weighted by molar-refractivity contribution is 0.102. The fraction of sp³-hybridized carbons (Fsp3) is 0.353. The van der Waals surface area contributed by atoms with Crippen molar-refractivity contribution in [3.8, 4) is 0 Å². The second-order valence-electron chi connectivity index (χ2n) is 5.94. The van der Waals surface area contributed by atoms with Crippen molar-refractivity contribution in [3.63, 3.8) is 0 Å². The summed E-state index contributed by atoms with van der Waals surface area (Å²) >= 11 is 1.47. The number of nitrogens with one attached hydrogen (secondary N) is 1. The first-order valence-corrected chi connectivity index (χ1v) is 11.5. The molecule has 1 aliphatic heterocycles. The van der Waals surface area contributed by atoms with E-state index in [9.17, 15) is 22.0 Å². The number of halogens is 2. The molecule has 3 rings (SSSR count). The van der Waals surface area contributed by atoms with Gasteiger partial charge in [0.25, 0.3) is 11.7 Å². The number of carbonyl (C=O) groups is 1. The lowest BCUT2D eigenvalue weighted by Crippen LogP contribution is -2.36. The largest absolute Gasteiger partial charge is 0.321 e. The number of thiophene rings is 1. The van der Waals surface area contributed by atoms with E-state index >= 15 is 0 Å². The molecule has 0 radical (unpaired) electrons. The van der Waals surface area contributed by atoms with E-state index in [1.54, 1.807) is 5.38 Å². The molecule has 0 atom stereocenters. The lowest BCUT2D eigenvalue weighted by Gasteiger charge is -2.25. The SMILES string of the molecule is O=C(Nc1ccc(SC(F)F)cc1)c1sccc1S(=O)(=O)N1CCCCC1. The maximum absolute atomic E-state index is 12.9. The van der Waals surface area contributed by atoms with E-state index in [1.165, 1.54) is 34.6 Å². The number of hydrogen-bond acceptors (Lipinski definition) is 5. The van der Waals surface area contributed by atoms with E-state index in [4.69, 9.17) is 0 Å². The monoisotopic (exact) mass is 432 g/mol. The van der Waals surface area contributed by atoms with E-state index in [0.29, 0.717) is 35.4 Å². The van der Waals surface area contributed by atoms with Gasteiger partial charge in [-0.25, -0.2) is 8.42 Å². The van der Waals surface area contributed by atoms with Crippen molar-refractivity contribution in [2.24, 2.45) is 0 Å². The number of nitrogens with zero attached hydrogens (tertiary/aromatic N) is 1. The average molecular weight is 433 g/mol. The minimum Gasteiger partial charge on any atom is -0.321 e. The second kappa shape index (κ2) is 8.68. The summed E-state index contributed by atoms with van der Waals surface area (Å²) < 4.78 is 51.8. The molecular weight excluding hydrogens is 414 g/mol. The number of sulfonamides is 1. The Labute approximate surface area is 164 Å². The van der Waals surface area contributed by atoms with Crippen LogP contribution in [0.2, 0.25) is 0 Å². The van der Waals surface area contributed by atoms with E-state index < -0.39 is 21.7 Å². The highest BCUT2D eigenvalue weighted by Gasteiger charge is 2.31. The number of thioether (sulfide) groups is 1. The van der Waals surface area contributed by atoms with Gasteiger partial charge in [0.1, 0.15) is 9.77 Å².